The van der Waals surface area contributed by atoms with Gasteiger partial charge in [0, 0.05) is 18.7 Å². The van der Waals surface area contributed by atoms with Crippen molar-refractivity contribution in [2.24, 2.45) is 0 Å². The average Bonchev–Trinajstić information content (AvgIpc) is 3.03. The van der Waals surface area contributed by atoms with Crippen LogP contribution in [0.15, 0.2) is 42.6 Å². The molecule has 108 valence electrons. The van der Waals surface area contributed by atoms with Crippen LogP contribution in [-0.4, -0.2) is 24.0 Å². The van der Waals surface area contributed by atoms with Crippen LogP contribution >= 0.6 is 0 Å². The van der Waals surface area contributed by atoms with E-state index in [1.165, 1.54) is 12.8 Å². The molecule has 2 aromatic rings. The Kier molecular flexibility index (Phi) is 3.86. The van der Waals surface area contributed by atoms with Gasteiger partial charge in [-0.3, -0.25) is 4.79 Å². The maximum absolute atomic E-state index is 12.1. The van der Waals surface area contributed by atoms with Crippen LogP contribution in [0.1, 0.15) is 28.8 Å². The third-order valence-corrected chi connectivity index (χ3v) is 3.75. The SMILES string of the molecule is Cc1ccc(C(=O)Nc2ccc(N3CCCC3)nc2)cc1. The third-order valence-electron chi connectivity index (χ3n) is 3.75. The maximum Gasteiger partial charge on any atom is 0.255 e. The second kappa shape index (κ2) is 5.95. The lowest BCUT2D eigenvalue weighted by Gasteiger charge is -2.16. The minimum Gasteiger partial charge on any atom is -0.357 e. The monoisotopic (exact) mass is 281 g/mol. The molecule has 0 saturated carbocycles. The minimum absolute atomic E-state index is 0.106. The average molecular weight is 281 g/mol. The molecule has 1 aliphatic heterocycles. The molecular weight excluding hydrogens is 262 g/mol. The van der Waals surface area contributed by atoms with E-state index < -0.39 is 0 Å². The van der Waals surface area contributed by atoms with Crippen molar-refractivity contribution < 1.29 is 4.79 Å². The van der Waals surface area contributed by atoms with Crippen molar-refractivity contribution in [2.45, 2.75) is 19.8 Å². The summed E-state index contributed by atoms with van der Waals surface area (Å²) in [6.07, 6.45) is 4.18. The summed E-state index contributed by atoms with van der Waals surface area (Å²) in [7, 11) is 0. The second-order valence-electron chi connectivity index (χ2n) is 5.42. The van der Waals surface area contributed by atoms with Crippen molar-refractivity contribution in [1.29, 1.82) is 0 Å². The summed E-state index contributed by atoms with van der Waals surface area (Å²) in [6, 6.07) is 11.4. The van der Waals surface area contributed by atoms with Gasteiger partial charge < -0.3 is 10.2 Å². The van der Waals surface area contributed by atoms with Crippen LogP contribution in [0.25, 0.3) is 0 Å². The van der Waals surface area contributed by atoms with Gasteiger partial charge >= 0.3 is 0 Å². The van der Waals surface area contributed by atoms with Gasteiger partial charge in [-0.15, -0.1) is 0 Å². The minimum atomic E-state index is -0.106. The van der Waals surface area contributed by atoms with Crippen LogP contribution in [0.2, 0.25) is 0 Å². The van der Waals surface area contributed by atoms with Crippen LogP contribution < -0.4 is 10.2 Å². The number of carbonyl (C=O) groups is 1. The highest BCUT2D eigenvalue weighted by molar-refractivity contribution is 6.04. The van der Waals surface area contributed by atoms with E-state index in [2.05, 4.69) is 15.2 Å². The molecule has 0 unspecified atom stereocenters. The van der Waals surface area contributed by atoms with Crippen molar-refractivity contribution in [2.75, 3.05) is 23.3 Å². The molecule has 21 heavy (non-hydrogen) atoms. The molecule has 1 aromatic heterocycles. The number of nitrogens with zero attached hydrogens (tertiary/aromatic N) is 2. The Morgan fingerprint density at radius 1 is 1.10 bits per heavy atom. The highest BCUT2D eigenvalue weighted by Gasteiger charge is 2.13. The molecule has 0 atom stereocenters. The number of hydrogen-bond acceptors (Lipinski definition) is 3. The van der Waals surface area contributed by atoms with Gasteiger partial charge in [0.1, 0.15) is 5.82 Å². The van der Waals surface area contributed by atoms with Crippen molar-refractivity contribution in [3.05, 3.63) is 53.7 Å². The molecule has 1 aromatic carbocycles. The summed E-state index contributed by atoms with van der Waals surface area (Å²) < 4.78 is 0. The van der Waals surface area contributed by atoms with Gasteiger partial charge in [0.05, 0.1) is 11.9 Å². The zero-order chi connectivity index (χ0) is 14.7. The predicted molar refractivity (Wildman–Crippen MR) is 84.8 cm³/mol. The Morgan fingerprint density at radius 2 is 1.81 bits per heavy atom. The summed E-state index contributed by atoms with van der Waals surface area (Å²) in [4.78, 5) is 18.8. The first-order chi connectivity index (χ1) is 10.2. The molecule has 4 nitrogen and oxygen atoms in total. The first kappa shape index (κ1) is 13.6. The van der Waals surface area contributed by atoms with E-state index >= 15 is 0 Å². The second-order valence-corrected chi connectivity index (χ2v) is 5.42. The third kappa shape index (κ3) is 3.21. The lowest BCUT2D eigenvalue weighted by atomic mass is 10.1. The molecule has 3 rings (SSSR count). The summed E-state index contributed by atoms with van der Waals surface area (Å²) in [6.45, 7) is 4.15. The number of nitrogens with one attached hydrogen (secondary N) is 1. The Hall–Kier alpha value is -2.36. The van der Waals surface area contributed by atoms with Crippen LogP contribution in [0, 0.1) is 6.92 Å². The molecule has 0 radical (unpaired) electrons. The first-order valence-corrected chi connectivity index (χ1v) is 7.31. The largest absolute Gasteiger partial charge is 0.357 e. The maximum atomic E-state index is 12.1. The van der Waals surface area contributed by atoms with Gasteiger partial charge in [-0.25, -0.2) is 4.98 Å². The quantitative estimate of drug-likeness (QED) is 0.939. The van der Waals surface area contributed by atoms with Crippen molar-refractivity contribution in [3.8, 4) is 0 Å². The molecule has 1 amide bonds. The fourth-order valence-electron chi connectivity index (χ4n) is 2.50. The molecule has 1 N–H and O–H groups in total. The van der Waals surface area contributed by atoms with Crippen LogP contribution in [0.3, 0.4) is 0 Å². The number of benzene rings is 1. The fraction of sp³-hybridized carbons (Fsp3) is 0.294. The number of aryl methyl sites for hydroxylation is 1. The van der Waals surface area contributed by atoms with E-state index in [1.807, 2.05) is 43.3 Å². The van der Waals surface area contributed by atoms with Crippen molar-refractivity contribution >= 4 is 17.4 Å². The number of anilines is 2. The standard InChI is InChI=1S/C17H19N3O/c1-13-4-6-14(7-5-13)17(21)19-15-8-9-16(18-12-15)20-10-2-3-11-20/h4-9,12H,2-3,10-11H2,1H3,(H,19,21). The predicted octanol–water partition coefficient (Wildman–Crippen LogP) is 3.24. The van der Waals surface area contributed by atoms with Crippen LogP contribution in [-0.2, 0) is 0 Å². The Balaban J connectivity index is 1.67. The van der Waals surface area contributed by atoms with E-state index in [4.69, 9.17) is 0 Å². The summed E-state index contributed by atoms with van der Waals surface area (Å²) in [5.41, 5.74) is 2.52. The van der Waals surface area contributed by atoms with Crippen LogP contribution in [0.5, 0.6) is 0 Å². The number of carbonyl (C=O) groups excluding carboxylic acids is 1. The van der Waals surface area contributed by atoms with Gasteiger partial charge in [0.15, 0.2) is 0 Å². The van der Waals surface area contributed by atoms with Crippen molar-refractivity contribution in [1.82, 2.24) is 4.98 Å². The number of rotatable bonds is 3. The number of pyridine rings is 1. The summed E-state index contributed by atoms with van der Waals surface area (Å²) in [5.74, 6) is 0.881. The lowest BCUT2D eigenvalue weighted by molar-refractivity contribution is 0.102. The molecule has 0 bridgehead atoms. The molecule has 2 heterocycles. The van der Waals surface area contributed by atoms with Gasteiger partial charge in [-0.05, 0) is 44.0 Å². The van der Waals surface area contributed by atoms with Crippen LogP contribution in [0.4, 0.5) is 11.5 Å². The molecule has 4 heteroatoms. The van der Waals surface area contributed by atoms with Gasteiger partial charge in [-0.2, -0.15) is 0 Å². The van der Waals surface area contributed by atoms with E-state index in [1.54, 1.807) is 6.20 Å². The van der Waals surface area contributed by atoms with E-state index in [-0.39, 0.29) is 5.91 Å². The summed E-state index contributed by atoms with van der Waals surface area (Å²) >= 11 is 0. The topological polar surface area (TPSA) is 45.2 Å². The highest BCUT2D eigenvalue weighted by atomic mass is 16.1. The van der Waals surface area contributed by atoms with E-state index in [0.717, 1.165) is 30.2 Å². The first-order valence-electron chi connectivity index (χ1n) is 7.31. The molecule has 1 fully saturated rings. The zero-order valence-electron chi connectivity index (χ0n) is 12.2. The van der Waals surface area contributed by atoms with E-state index in [0.29, 0.717) is 5.56 Å². The lowest BCUT2D eigenvalue weighted by Crippen LogP contribution is -2.19. The Morgan fingerprint density at radius 3 is 2.43 bits per heavy atom. The Labute approximate surface area is 124 Å². The molecule has 1 aliphatic rings. The van der Waals surface area contributed by atoms with Crippen molar-refractivity contribution in [3.63, 3.8) is 0 Å². The number of aromatic nitrogens is 1. The smallest absolute Gasteiger partial charge is 0.255 e. The Bertz CT molecular complexity index is 613. The van der Waals surface area contributed by atoms with Gasteiger partial charge in [-0.1, -0.05) is 17.7 Å². The molecular formula is C17H19N3O. The van der Waals surface area contributed by atoms with E-state index in [9.17, 15) is 4.79 Å². The number of hydrogen-bond donors (Lipinski definition) is 1. The summed E-state index contributed by atoms with van der Waals surface area (Å²) in [5, 5.41) is 2.88. The molecule has 1 saturated heterocycles. The fourth-order valence-corrected chi connectivity index (χ4v) is 2.50. The highest BCUT2D eigenvalue weighted by Crippen LogP contribution is 2.19. The van der Waals surface area contributed by atoms with Gasteiger partial charge in [0.2, 0.25) is 0 Å². The number of amides is 1. The normalized spacial score (nSPS) is 14.2. The van der Waals surface area contributed by atoms with Gasteiger partial charge in [0.25, 0.3) is 5.91 Å². The molecule has 0 spiro atoms. The zero-order valence-corrected chi connectivity index (χ0v) is 12.2. The molecule has 0 aliphatic carbocycles.